The monoisotopic (exact) mass is 359 g/mol. The van der Waals surface area contributed by atoms with Gasteiger partial charge in [0.15, 0.2) is 0 Å². The van der Waals surface area contributed by atoms with Crippen molar-refractivity contribution in [2.24, 2.45) is 0 Å². The van der Waals surface area contributed by atoms with Crippen LogP contribution in [0.3, 0.4) is 0 Å². The first-order valence-corrected chi connectivity index (χ1v) is 9.52. The van der Waals surface area contributed by atoms with Crippen LogP contribution in [0.2, 0.25) is 0 Å². The molecule has 0 saturated carbocycles. The summed E-state index contributed by atoms with van der Waals surface area (Å²) in [5.41, 5.74) is 1.54. The molecular formula is C24H25NO2. The summed E-state index contributed by atoms with van der Waals surface area (Å²) in [5.74, 6) is -0.502. The minimum atomic E-state index is -0.636. The minimum absolute atomic E-state index is 0.00175. The van der Waals surface area contributed by atoms with Crippen LogP contribution in [0.15, 0.2) is 72.8 Å². The molecule has 2 unspecified atom stereocenters. The summed E-state index contributed by atoms with van der Waals surface area (Å²) in [6.07, 6.45) is -0.0500. The van der Waals surface area contributed by atoms with Crippen LogP contribution >= 0.6 is 0 Å². The first kappa shape index (κ1) is 17.7. The Morgan fingerprint density at radius 2 is 1.59 bits per heavy atom. The lowest BCUT2D eigenvalue weighted by Gasteiger charge is -2.45. The first-order chi connectivity index (χ1) is 13.0. The van der Waals surface area contributed by atoms with Crippen molar-refractivity contribution >= 4 is 16.7 Å². The third-order valence-electron chi connectivity index (χ3n) is 5.85. The second kappa shape index (κ2) is 6.82. The van der Waals surface area contributed by atoms with E-state index >= 15 is 0 Å². The van der Waals surface area contributed by atoms with Gasteiger partial charge in [0.2, 0.25) is 5.91 Å². The highest BCUT2D eigenvalue weighted by molar-refractivity contribution is 5.87. The average Bonchev–Trinajstić information content (AvgIpc) is 2.68. The number of carbonyl (C=O) groups excluding carboxylic acids is 1. The summed E-state index contributed by atoms with van der Waals surface area (Å²) in [6.45, 7) is 4.74. The van der Waals surface area contributed by atoms with Crippen molar-refractivity contribution in [1.29, 1.82) is 0 Å². The van der Waals surface area contributed by atoms with Gasteiger partial charge < -0.3 is 10.0 Å². The summed E-state index contributed by atoms with van der Waals surface area (Å²) in [7, 11) is 0. The van der Waals surface area contributed by atoms with Gasteiger partial charge >= 0.3 is 0 Å². The molecule has 1 fully saturated rings. The second-order valence-electron chi connectivity index (χ2n) is 7.86. The number of hydrogen-bond acceptors (Lipinski definition) is 2. The standard InChI is InChI=1S/C24H25NO2/c1-24(2,20-13-12-17-8-6-7-11-19(17)16-20)25-15-14-21(26)22(23(25)27)18-9-4-3-5-10-18/h3-13,16,21-22,26H,14-15H2,1-2H3. The van der Waals surface area contributed by atoms with Crippen LogP contribution < -0.4 is 0 Å². The lowest BCUT2D eigenvalue weighted by Crippen LogP contribution is -2.54. The molecule has 1 heterocycles. The van der Waals surface area contributed by atoms with E-state index in [0.717, 1.165) is 11.1 Å². The van der Waals surface area contributed by atoms with E-state index in [1.165, 1.54) is 10.8 Å². The zero-order chi connectivity index (χ0) is 19.0. The summed E-state index contributed by atoms with van der Waals surface area (Å²) < 4.78 is 0. The highest BCUT2D eigenvalue weighted by Crippen LogP contribution is 2.37. The lowest BCUT2D eigenvalue weighted by atomic mass is 9.82. The molecule has 2 atom stereocenters. The Hall–Kier alpha value is -2.65. The maximum atomic E-state index is 13.4. The fourth-order valence-electron chi connectivity index (χ4n) is 4.18. The van der Waals surface area contributed by atoms with Crippen molar-refractivity contribution in [2.45, 2.75) is 37.8 Å². The lowest BCUT2D eigenvalue weighted by molar-refractivity contribution is -0.146. The predicted molar refractivity (Wildman–Crippen MR) is 108 cm³/mol. The number of carbonyl (C=O) groups is 1. The fraction of sp³-hybridized carbons (Fsp3) is 0.292. The fourth-order valence-corrected chi connectivity index (χ4v) is 4.18. The molecule has 3 aromatic rings. The maximum Gasteiger partial charge on any atom is 0.233 e. The van der Waals surface area contributed by atoms with Crippen LogP contribution in [0, 0.1) is 0 Å². The number of nitrogens with zero attached hydrogens (tertiary/aromatic N) is 1. The van der Waals surface area contributed by atoms with E-state index in [1.54, 1.807) is 0 Å². The average molecular weight is 359 g/mol. The van der Waals surface area contributed by atoms with Crippen molar-refractivity contribution < 1.29 is 9.90 Å². The first-order valence-electron chi connectivity index (χ1n) is 9.52. The van der Waals surface area contributed by atoms with E-state index in [2.05, 4.69) is 44.2 Å². The Morgan fingerprint density at radius 1 is 0.926 bits per heavy atom. The topological polar surface area (TPSA) is 40.5 Å². The third-order valence-corrected chi connectivity index (χ3v) is 5.85. The smallest absolute Gasteiger partial charge is 0.233 e. The Labute approximate surface area is 160 Å². The number of amides is 1. The molecule has 1 amide bonds. The van der Waals surface area contributed by atoms with Gasteiger partial charge in [0, 0.05) is 6.54 Å². The number of likely N-dealkylation sites (tertiary alicyclic amines) is 1. The molecule has 0 spiro atoms. The zero-order valence-corrected chi connectivity index (χ0v) is 15.8. The molecular weight excluding hydrogens is 334 g/mol. The van der Waals surface area contributed by atoms with Crippen molar-refractivity contribution in [3.63, 3.8) is 0 Å². The molecule has 27 heavy (non-hydrogen) atoms. The van der Waals surface area contributed by atoms with Gasteiger partial charge in [-0.2, -0.15) is 0 Å². The molecule has 1 N–H and O–H groups in total. The number of fused-ring (bicyclic) bond motifs is 1. The van der Waals surface area contributed by atoms with E-state index < -0.39 is 17.6 Å². The molecule has 0 aromatic heterocycles. The molecule has 1 aliphatic heterocycles. The summed E-state index contributed by atoms with van der Waals surface area (Å²) in [4.78, 5) is 15.3. The van der Waals surface area contributed by atoms with Gasteiger partial charge in [-0.15, -0.1) is 0 Å². The number of rotatable bonds is 3. The Kier molecular flexibility index (Phi) is 4.48. The molecule has 3 heteroatoms. The Bertz CT molecular complexity index is 964. The number of benzene rings is 3. The Morgan fingerprint density at radius 3 is 2.33 bits per heavy atom. The van der Waals surface area contributed by atoms with E-state index in [1.807, 2.05) is 47.4 Å². The van der Waals surface area contributed by atoms with Crippen LogP contribution in [0.1, 0.15) is 37.3 Å². The van der Waals surface area contributed by atoms with Crippen molar-refractivity contribution in [1.82, 2.24) is 4.90 Å². The summed E-state index contributed by atoms with van der Waals surface area (Å²) in [5, 5.41) is 12.9. The zero-order valence-electron chi connectivity index (χ0n) is 15.8. The van der Waals surface area contributed by atoms with E-state index in [4.69, 9.17) is 0 Å². The van der Waals surface area contributed by atoms with Gasteiger partial charge in [-0.05, 0) is 48.2 Å². The number of hydrogen-bond donors (Lipinski definition) is 1. The molecule has 138 valence electrons. The van der Waals surface area contributed by atoms with Gasteiger partial charge in [-0.1, -0.05) is 66.7 Å². The molecule has 3 aromatic carbocycles. The van der Waals surface area contributed by atoms with Gasteiger partial charge in [-0.3, -0.25) is 4.79 Å². The molecule has 1 saturated heterocycles. The molecule has 3 nitrogen and oxygen atoms in total. The van der Waals surface area contributed by atoms with E-state index in [0.29, 0.717) is 13.0 Å². The van der Waals surface area contributed by atoms with Crippen LogP contribution in [-0.2, 0) is 10.3 Å². The molecule has 0 aliphatic carbocycles. The van der Waals surface area contributed by atoms with Gasteiger partial charge in [0.1, 0.15) is 0 Å². The SMILES string of the molecule is CC(C)(c1ccc2ccccc2c1)N1CCC(O)C(c2ccccc2)C1=O. The molecule has 1 aliphatic rings. The molecule has 4 rings (SSSR count). The summed E-state index contributed by atoms with van der Waals surface area (Å²) in [6, 6.07) is 24.3. The van der Waals surface area contributed by atoms with E-state index in [9.17, 15) is 9.90 Å². The maximum absolute atomic E-state index is 13.4. The quantitative estimate of drug-likeness (QED) is 0.750. The highest BCUT2D eigenvalue weighted by atomic mass is 16.3. The van der Waals surface area contributed by atoms with Crippen LogP contribution in [0.5, 0.6) is 0 Å². The van der Waals surface area contributed by atoms with E-state index in [-0.39, 0.29) is 5.91 Å². The number of aliphatic hydroxyl groups is 1. The summed E-state index contributed by atoms with van der Waals surface area (Å²) >= 11 is 0. The Balaban J connectivity index is 1.70. The van der Waals surface area contributed by atoms with Crippen LogP contribution in [0.25, 0.3) is 10.8 Å². The van der Waals surface area contributed by atoms with Gasteiger partial charge in [-0.25, -0.2) is 0 Å². The third kappa shape index (κ3) is 3.13. The van der Waals surface area contributed by atoms with Crippen molar-refractivity contribution in [3.8, 4) is 0 Å². The number of aliphatic hydroxyl groups excluding tert-OH is 1. The van der Waals surface area contributed by atoms with Crippen molar-refractivity contribution in [3.05, 3.63) is 83.9 Å². The highest BCUT2D eigenvalue weighted by Gasteiger charge is 2.43. The van der Waals surface area contributed by atoms with Crippen LogP contribution in [-0.4, -0.2) is 28.6 Å². The van der Waals surface area contributed by atoms with Gasteiger partial charge in [0.05, 0.1) is 17.6 Å². The predicted octanol–water partition coefficient (Wildman–Crippen LogP) is 4.45. The molecule has 0 bridgehead atoms. The minimum Gasteiger partial charge on any atom is -0.392 e. The van der Waals surface area contributed by atoms with Gasteiger partial charge in [0.25, 0.3) is 0 Å². The normalized spacial score (nSPS) is 20.9. The molecule has 0 radical (unpaired) electrons. The van der Waals surface area contributed by atoms with Crippen LogP contribution in [0.4, 0.5) is 0 Å². The number of piperidine rings is 1. The largest absolute Gasteiger partial charge is 0.392 e. The second-order valence-corrected chi connectivity index (χ2v) is 7.86. The van der Waals surface area contributed by atoms with Crippen molar-refractivity contribution in [2.75, 3.05) is 6.54 Å².